The Morgan fingerprint density at radius 1 is 0.841 bits per heavy atom. The van der Waals surface area contributed by atoms with Gasteiger partial charge in [-0.25, -0.2) is 13.4 Å². The monoisotopic (exact) mass is 898 g/mol. The van der Waals surface area contributed by atoms with Gasteiger partial charge < -0.3 is 30.1 Å². The highest BCUT2D eigenvalue weighted by Crippen LogP contribution is 2.36. The van der Waals surface area contributed by atoms with Gasteiger partial charge in [-0.3, -0.25) is 24.1 Å². The van der Waals surface area contributed by atoms with Crippen LogP contribution in [0.4, 0.5) is 40.2 Å². The molecule has 336 valence electrons. The van der Waals surface area contributed by atoms with E-state index in [2.05, 4.69) is 81.9 Å². The van der Waals surface area contributed by atoms with Gasteiger partial charge in [0, 0.05) is 76.2 Å². The maximum absolute atomic E-state index is 12.3. The number of benzene rings is 3. The summed E-state index contributed by atoms with van der Waals surface area (Å²) in [4.78, 5) is 43.1. The maximum atomic E-state index is 12.3. The summed E-state index contributed by atoms with van der Waals surface area (Å²) in [5.41, 5.74) is 5.00. The second-order valence-corrected chi connectivity index (χ2v) is 19.6. The third-order valence-corrected chi connectivity index (χ3v) is 14.8. The van der Waals surface area contributed by atoms with Crippen molar-refractivity contribution in [2.45, 2.75) is 56.9 Å². The predicted molar refractivity (Wildman–Crippen MR) is 251 cm³/mol. The quantitative estimate of drug-likeness (QED) is 0.119. The molecular weight excluding hydrogens is 840 g/mol. The summed E-state index contributed by atoms with van der Waals surface area (Å²) in [6.07, 6.45) is 9.75. The Balaban J connectivity index is 0.766. The van der Waals surface area contributed by atoms with Crippen molar-refractivity contribution in [2.24, 2.45) is 5.92 Å². The lowest BCUT2D eigenvalue weighted by molar-refractivity contribution is -0.134. The lowest BCUT2D eigenvalue weighted by Gasteiger charge is -2.43. The Labute approximate surface area is 376 Å². The number of sulfonamides is 1. The Kier molecular flexibility index (Phi) is 13.9. The maximum Gasteiger partial charge on any atom is 0.234 e. The molecule has 4 aliphatic rings. The van der Waals surface area contributed by atoms with Crippen LogP contribution in [0.3, 0.4) is 0 Å². The minimum absolute atomic E-state index is 0.174. The molecule has 0 aliphatic carbocycles. The molecule has 1 aromatic heterocycles. The van der Waals surface area contributed by atoms with Crippen LogP contribution in [0, 0.1) is 5.92 Å². The van der Waals surface area contributed by atoms with Crippen LogP contribution in [0.25, 0.3) is 0 Å². The molecule has 17 heteroatoms. The van der Waals surface area contributed by atoms with Gasteiger partial charge in [-0.15, -0.1) is 0 Å². The summed E-state index contributed by atoms with van der Waals surface area (Å²) in [5.74, 6) is 1.46. The number of ether oxygens (including phenoxy) is 1. The molecule has 0 spiro atoms. The number of hydrogen-bond donors (Lipinski definition) is 3. The molecule has 0 bridgehead atoms. The molecule has 1 unspecified atom stereocenters. The lowest BCUT2D eigenvalue weighted by Crippen LogP contribution is -2.53. The van der Waals surface area contributed by atoms with Crippen molar-refractivity contribution in [3.05, 3.63) is 83.5 Å². The number of anilines is 7. The van der Waals surface area contributed by atoms with E-state index in [1.807, 2.05) is 6.07 Å². The average Bonchev–Trinajstić information content (AvgIpc) is 3.30. The first-order valence-corrected chi connectivity index (χ1v) is 24.3. The van der Waals surface area contributed by atoms with Gasteiger partial charge in [0.15, 0.2) is 5.82 Å². The number of methoxy groups -OCH3 is 1. The minimum Gasteiger partial charge on any atom is -0.494 e. The summed E-state index contributed by atoms with van der Waals surface area (Å²) in [6, 6.07) is 22.2. The number of rotatable bonds is 14. The molecule has 3 aromatic carbocycles. The SMILES string of the molecule is COc1cc(N2CCN(C3CCN(CCC4CCN(c5ccc(C6CCC(=O)NC6=O)cc5)CC4)CC3)CC2)ccc1Nc1ncc(Cl)c(Nc2ccccc2N(C)S(C)(=O)=O)n1. The van der Waals surface area contributed by atoms with Gasteiger partial charge in [0.05, 0.1) is 42.5 Å². The van der Waals surface area contributed by atoms with E-state index in [9.17, 15) is 18.0 Å². The number of carbonyl (C=O) groups is 2. The molecule has 8 rings (SSSR count). The van der Waals surface area contributed by atoms with Crippen LogP contribution in [0.1, 0.15) is 56.4 Å². The van der Waals surface area contributed by atoms with Crippen molar-refractivity contribution < 1.29 is 22.7 Å². The topological polar surface area (TPSA) is 156 Å². The second kappa shape index (κ2) is 19.7. The predicted octanol–water partition coefficient (Wildman–Crippen LogP) is 6.43. The molecule has 3 N–H and O–H groups in total. The van der Waals surface area contributed by atoms with Gasteiger partial charge in [0.1, 0.15) is 10.8 Å². The number of halogens is 1. The van der Waals surface area contributed by atoms with Crippen molar-refractivity contribution in [3.8, 4) is 5.75 Å². The number of para-hydroxylation sites is 2. The molecule has 5 heterocycles. The summed E-state index contributed by atoms with van der Waals surface area (Å²) in [6.45, 7) is 9.60. The fourth-order valence-electron chi connectivity index (χ4n) is 9.40. The third-order valence-electron chi connectivity index (χ3n) is 13.3. The zero-order chi connectivity index (χ0) is 44.1. The Bertz CT molecular complexity index is 2350. The number of hydrogen-bond acceptors (Lipinski definition) is 13. The molecule has 0 radical (unpaired) electrons. The van der Waals surface area contributed by atoms with Crippen LogP contribution >= 0.6 is 11.6 Å². The first-order chi connectivity index (χ1) is 30.4. The number of likely N-dealkylation sites (tertiary alicyclic amines) is 1. The summed E-state index contributed by atoms with van der Waals surface area (Å²) >= 11 is 6.49. The number of carbonyl (C=O) groups excluding carboxylic acids is 2. The van der Waals surface area contributed by atoms with Crippen LogP contribution in [0.5, 0.6) is 5.75 Å². The number of amides is 2. The minimum atomic E-state index is -3.49. The molecule has 0 saturated carbocycles. The van der Waals surface area contributed by atoms with Crippen molar-refractivity contribution in [3.63, 3.8) is 0 Å². The number of nitrogens with one attached hydrogen (secondary N) is 3. The first kappa shape index (κ1) is 44.4. The molecule has 4 saturated heterocycles. The Morgan fingerprint density at radius 3 is 2.24 bits per heavy atom. The lowest BCUT2D eigenvalue weighted by atomic mass is 9.90. The molecule has 63 heavy (non-hydrogen) atoms. The van der Waals surface area contributed by atoms with E-state index in [4.69, 9.17) is 16.3 Å². The summed E-state index contributed by atoms with van der Waals surface area (Å²) in [5, 5.41) is 9.20. The zero-order valence-electron chi connectivity index (χ0n) is 36.4. The van der Waals surface area contributed by atoms with Crippen molar-refractivity contribution in [1.82, 2.24) is 25.1 Å². The smallest absolute Gasteiger partial charge is 0.234 e. The van der Waals surface area contributed by atoms with Crippen LogP contribution in [0.2, 0.25) is 5.02 Å². The largest absolute Gasteiger partial charge is 0.494 e. The second-order valence-electron chi connectivity index (χ2n) is 17.2. The highest BCUT2D eigenvalue weighted by Gasteiger charge is 2.30. The van der Waals surface area contributed by atoms with Crippen molar-refractivity contribution in [2.75, 3.05) is 104 Å². The van der Waals surface area contributed by atoms with E-state index in [1.165, 1.54) is 61.9 Å². The van der Waals surface area contributed by atoms with E-state index < -0.39 is 10.0 Å². The number of piperazine rings is 1. The summed E-state index contributed by atoms with van der Waals surface area (Å²) < 4.78 is 31.6. The van der Waals surface area contributed by atoms with Gasteiger partial charge in [0.2, 0.25) is 27.8 Å². The van der Waals surface area contributed by atoms with Gasteiger partial charge in [-0.05, 0) is 106 Å². The zero-order valence-corrected chi connectivity index (χ0v) is 38.0. The molecule has 15 nitrogen and oxygen atoms in total. The fourth-order valence-corrected chi connectivity index (χ4v) is 10.1. The van der Waals surface area contributed by atoms with E-state index in [0.717, 1.165) is 75.8 Å². The van der Waals surface area contributed by atoms with Gasteiger partial charge in [-0.2, -0.15) is 4.98 Å². The average molecular weight is 900 g/mol. The van der Waals surface area contributed by atoms with E-state index in [0.29, 0.717) is 53.5 Å². The molecular formula is C46H59ClN10O5S. The number of piperidine rings is 3. The first-order valence-electron chi connectivity index (χ1n) is 22.1. The Morgan fingerprint density at radius 2 is 1.54 bits per heavy atom. The number of aromatic nitrogens is 2. The summed E-state index contributed by atoms with van der Waals surface area (Å²) in [7, 11) is -0.345. The third kappa shape index (κ3) is 10.8. The number of imide groups is 1. The highest BCUT2D eigenvalue weighted by molar-refractivity contribution is 7.92. The van der Waals surface area contributed by atoms with Crippen molar-refractivity contribution >= 4 is 73.6 Å². The Hall–Kier alpha value is -5.16. The normalized spacial score (nSPS) is 19.8. The highest BCUT2D eigenvalue weighted by atomic mass is 35.5. The van der Waals surface area contributed by atoms with Gasteiger partial charge in [-0.1, -0.05) is 35.9 Å². The van der Waals surface area contributed by atoms with Crippen LogP contribution < -0.4 is 34.8 Å². The standard InChI is InChI=1S/C46H59ClN10O5S/c1-53(63(3,60)61)41-7-5-4-6-39(41)49-44-38(47)31-48-46(52-44)50-40-14-12-36(30-42(40)62-2)57-28-26-56(27-29-57)35-19-22-54(23-20-35)21-16-32-17-24-55(25-18-32)34-10-8-33(9-11-34)37-13-15-43(58)51-45(37)59/h4-12,14,30-32,35,37H,13,15-29H2,1-3H3,(H,51,58,59)(H2,48,49,50,52). The molecule has 4 fully saturated rings. The molecule has 2 amide bonds. The molecule has 4 aromatic rings. The fraction of sp³-hybridized carbons (Fsp3) is 0.478. The van der Waals surface area contributed by atoms with E-state index in [-0.39, 0.29) is 22.8 Å². The van der Waals surface area contributed by atoms with E-state index in [1.54, 1.807) is 31.4 Å². The van der Waals surface area contributed by atoms with Crippen molar-refractivity contribution in [1.29, 1.82) is 0 Å². The van der Waals surface area contributed by atoms with Gasteiger partial charge in [0.25, 0.3) is 0 Å². The van der Waals surface area contributed by atoms with Crippen LogP contribution in [-0.4, -0.2) is 125 Å². The molecule has 1 atom stereocenters. The molecule has 4 aliphatic heterocycles. The number of nitrogens with zero attached hydrogens (tertiary/aromatic N) is 7. The van der Waals surface area contributed by atoms with E-state index >= 15 is 0 Å². The van der Waals surface area contributed by atoms with Crippen LogP contribution in [-0.2, 0) is 19.6 Å². The van der Waals surface area contributed by atoms with Gasteiger partial charge >= 0.3 is 0 Å². The van der Waals surface area contributed by atoms with Crippen LogP contribution in [0.15, 0.2) is 72.9 Å².